The van der Waals surface area contributed by atoms with Gasteiger partial charge in [-0.05, 0) is 32.1 Å². The lowest BCUT2D eigenvalue weighted by atomic mass is 10.1. The lowest BCUT2D eigenvalue weighted by Crippen LogP contribution is -2.15. The number of hydrogen-bond donors (Lipinski definition) is 0. The largest absolute Gasteiger partial charge is 0.489 e. The van der Waals surface area contributed by atoms with Crippen molar-refractivity contribution in [1.82, 2.24) is 0 Å². The molecule has 0 bridgehead atoms. The standard InChI is InChI=1S/C12H14BrNO/c13-10-5-1-2-6-12(10)15-11-7-3-4-9(11)8-14/h5,12H,1-4,6-7H2/t12-/m1/s1. The molecule has 0 saturated heterocycles. The van der Waals surface area contributed by atoms with Crippen molar-refractivity contribution in [2.75, 3.05) is 0 Å². The Morgan fingerprint density at radius 3 is 3.00 bits per heavy atom. The molecule has 0 amide bonds. The van der Waals surface area contributed by atoms with Gasteiger partial charge in [0.05, 0.1) is 11.6 Å². The van der Waals surface area contributed by atoms with Gasteiger partial charge < -0.3 is 4.74 Å². The minimum absolute atomic E-state index is 0.148. The van der Waals surface area contributed by atoms with E-state index in [-0.39, 0.29) is 6.10 Å². The van der Waals surface area contributed by atoms with Gasteiger partial charge in [0, 0.05) is 10.9 Å². The third-order valence-electron chi connectivity index (χ3n) is 2.90. The summed E-state index contributed by atoms with van der Waals surface area (Å²) in [4.78, 5) is 0. The minimum atomic E-state index is 0.148. The molecule has 2 rings (SSSR count). The zero-order valence-corrected chi connectivity index (χ0v) is 10.2. The average Bonchev–Trinajstić information content (AvgIpc) is 2.69. The Morgan fingerprint density at radius 1 is 1.40 bits per heavy atom. The molecule has 15 heavy (non-hydrogen) atoms. The minimum Gasteiger partial charge on any atom is -0.489 e. The van der Waals surface area contributed by atoms with E-state index < -0.39 is 0 Å². The Bertz CT molecular complexity index is 351. The normalized spacial score (nSPS) is 26.1. The second-order valence-corrected chi connectivity index (χ2v) is 4.91. The first-order chi connectivity index (χ1) is 7.31. The fraction of sp³-hybridized carbons (Fsp3) is 0.583. The van der Waals surface area contributed by atoms with Crippen LogP contribution in [0.15, 0.2) is 21.9 Å². The summed E-state index contributed by atoms with van der Waals surface area (Å²) in [5, 5.41) is 8.92. The van der Waals surface area contributed by atoms with E-state index >= 15 is 0 Å². The van der Waals surface area contributed by atoms with Gasteiger partial charge in [0.15, 0.2) is 0 Å². The monoisotopic (exact) mass is 267 g/mol. The first-order valence-electron chi connectivity index (χ1n) is 5.45. The van der Waals surface area contributed by atoms with Crippen molar-refractivity contribution in [3.63, 3.8) is 0 Å². The first kappa shape index (κ1) is 10.8. The van der Waals surface area contributed by atoms with Crippen LogP contribution in [0.1, 0.15) is 38.5 Å². The number of ether oxygens (including phenoxy) is 1. The van der Waals surface area contributed by atoms with Crippen LogP contribution in [-0.4, -0.2) is 6.10 Å². The van der Waals surface area contributed by atoms with E-state index in [1.165, 1.54) is 6.42 Å². The van der Waals surface area contributed by atoms with Gasteiger partial charge in [-0.25, -0.2) is 0 Å². The van der Waals surface area contributed by atoms with Crippen LogP contribution in [0, 0.1) is 11.3 Å². The van der Waals surface area contributed by atoms with Gasteiger partial charge in [0.1, 0.15) is 11.9 Å². The molecule has 0 aromatic carbocycles. The molecule has 0 unspecified atom stereocenters. The summed E-state index contributed by atoms with van der Waals surface area (Å²) < 4.78 is 7.05. The molecule has 1 atom stereocenters. The lowest BCUT2D eigenvalue weighted by Gasteiger charge is -2.22. The summed E-state index contributed by atoms with van der Waals surface area (Å²) >= 11 is 3.53. The van der Waals surface area contributed by atoms with Crippen LogP contribution in [0.4, 0.5) is 0 Å². The Labute approximate surface area is 98.7 Å². The van der Waals surface area contributed by atoms with Crippen LogP contribution in [0.5, 0.6) is 0 Å². The molecule has 2 nitrogen and oxygen atoms in total. The maximum absolute atomic E-state index is 8.92. The molecule has 0 aliphatic heterocycles. The maximum Gasteiger partial charge on any atom is 0.129 e. The van der Waals surface area contributed by atoms with Gasteiger partial charge in [-0.2, -0.15) is 5.26 Å². The molecule has 80 valence electrons. The maximum atomic E-state index is 8.92. The number of rotatable bonds is 2. The summed E-state index contributed by atoms with van der Waals surface area (Å²) in [7, 11) is 0. The number of allylic oxidation sites excluding steroid dienone is 3. The quantitative estimate of drug-likeness (QED) is 0.763. The third kappa shape index (κ3) is 2.43. The predicted octanol–water partition coefficient (Wildman–Crippen LogP) is 3.80. The molecule has 0 aromatic heterocycles. The smallest absolute Gasteiger partial charge is 0.129 e. The molecule has 0 aromatic rings. The van der Waals surface area contributed by atoms with Gasteiger partial charge in [-0.15, -0.1) is 0 Å². The van der Waals surface area contributed by atoms with Crippen LogP contribution in [-0.2, 0) is 4.74 Å². The fourth-order valence-corrected chi connectivity index (χ4v) is 2.62. The zero-order valence-electron chi connectivity index (χ0n) is 8.63. The van der Waals surface area contributed by atoms with Crippen LogP contribution >= 0.6 is 15.9 Å². The molecule has 0 radical (unpaired) electrons. The van der Waals surface area contributed by atoms with Crippen molar-refractivity contribution >= 4 is 15.9 Å². The highest BCUT2D eigenvalue weighted by Gasteiger charge is 2.22. The number of nitriles is 1. The van der Waals surface area contributed by atoms with Crippen LogP contribution in [0.25, 0.3) is 0 Å². The molecule has 0 saturated carbocycles. The van der Waals surface area contributed by atoms with Crippen molar-refractivity contribution in [2.24, 2.45) is 0 Å². The molecule has 2 aliphatic carbocycles. The molecular formula is C12H14BrNO. The van der Waals surface area contributed by atoms with E-state index in [1.54, 1.807) is 0 Å². The van der Waals surface area contributed by atoms with Crippen LogP contribution in [0.3, 0.4) is 0 Å². The Morgan fingerprint density at radius 2 is 2.27 bits per heavy atom. The van der Waals surface area contributed by atoms with Crippen molar-refractivity contribution in [3.05, 3.63) is 21.9 Å². The molecule has 0 heterocycles. The second kappa shape index (κ2) is 4.85. The van der Waals surface area contributed by atoms with Gasteiger partial charge in [-0.1, -0.05) is 22.0 Å². The van der Waals surface area contributed by atoms with E-state index in [1.807, 2.05) is 0 Å². The second-order valence-electron chi connectivity index (χ2n) is 3.99. The first-order valence-corrected chi connectivity index (χ1v) is 6.25. The van der Waals surface area contributed by atoms with Gasteiger partial charge in [0.25, 0.3) is 0 Å². The van der Waals surface area contributed by atoms with Gasteiger partial charge >= 0.3 is 0 Å². The Kier molecular flexibility index (Phi) is 3.48. The highest BCUT2D eigenvalue weighted by atomic mass is 79.9. The highest BCUT2D eigenvalue weighted by Crippen LogP contribution is 2.33. The lowest BCUT2D eigenvalue weighted by molar-refractivity contribution is 0.133. The third-order valence-corrected chi connectivity index (χ3v) is 3.74. The van der Waals surface area contributed by atoms with E-state index in [4.69, 9.17) is 10.00 Å². The Hall–Kier alpha value is -0.750. The summed E-state index contributed by atoms with van der Waals surface area (Å²) in [5.74, 6) is 0.926. The number of nitrogens with zero attached hydrogens (tertiary/aromatic N) is 1. The molecule has 0 N–H and O–H groups in total. The summed E-state index contributed by atoms with van der Waals surface area (Å²) in [6.45, 7) is 0. The highest BCUT2D eigenvalue weighted by molar-refractivity contribution is 9.11. The van der Waals surface area contributed by atoms with Crippen molar-refractivity contribution < 1.29 is 4.74 Å². The van der Waals surface area contributed by atoms with E-state index in [2.05, 4.69) is 28.1 Å². The van der Waals surface area contributed by atoms with Crippen LogP contribution < -0.4 is 0 Å². The van der Waals surface area contributed by atoms with E-state index in [0.717, 1.165) is 47.9 Å². The summed E-state index contributed by atoms with van der Waals surface area (Å²) in [6, 6.07) is 2.24. The Balaban J connectivity index is 2.06. The molecular weight excluding hydrogens is 254 g/mol. The van der Waals surface area contributed by atoms with E-state index in [0.29, 0.717) is 0 Å². The molecule has 0 fully saturated rings. The number of hydrogen-bond acceptors (Lipinski definition) is 2. The molecule has 0 spiro atoms. The van der Waals surface area contributed by atoms with Gasteiger partial charge in [0.2, 0.25) is 0 Å². The van der Waals surface area contributed by atoms with Crippen molar-refractivity contribution in [2.45, 2.75) is 44.6 Å². The van der Waals surface area contributed by atoms with Crippen molar-refractivity contribution in [3.8, 4) is 6.07 Å². The summed E-state index contributed by atoms with van der Waals surface area (Å²) in [5.41, 5.74) is 0.848. The average molecular weight is 268 g/mol. The molecule has 3 heteroatoms. The van der Waals surface area contributed by atoms with Crippen molar-refractivity contribution in [1.29, 1.82) is 5.26 Å². The summed E-state index contributed by atoms with van der Waals surface area (Å²) in [6.07, 6.45) is 8.57. The number of halogens is 1. The van der Waals surface area contributed by atoms with Crippen LogP contribution in [0.2, 0.25) is 0 Å². The van der Waals surface area contributed by atoms with Gasteiger partial charge in [-0.3, -0.25) is 0 Å². The SMILES string of the molecule is N#CC1=C(O[C@@H]2CCCC=C2Br)CCC1. The molecule has 2 aliphatic rings. The topological polar surface area (TPSA) is 33.0 Å². The zero-order chi connectivity index (χ0) is 10.7. The predicted molar refractivity (Wildman–Crippen MR) is 62.2 cm³/mol. The van der Waals surface area contributed by atoms with E-state index in [9.17, 15) is 0 Å². The fourth-order valence-electron chi connectivity index (χ4n) is 2.06.